The van der Waals surface area contributed by atoms with Gasteiger partial charge in [-0.05, 0) is 12.1 Å². The second kappa shape index (κ2) is 5.31. The molecule has 0 saturated carbocycles. The molecule has 0 bridgehead atoms. The van der Waals surface area contributed by atoms with Crippen LogP contribution < -0.4 is 5.14 Å². The van der Waals surface area contributed by atoms with Crippen molar-refractivity contribution < 1.29 is 30.0 Å². The molecule has 0 atom stereocenters. The Morgan fingerprint density at radius 1 is 1.10 bits per heavy atom. The Bertz CT molecular complexity index is 698. The quantitative estimate of drug-likeness (QED) is 0.869. The van der Waals surface area contributed by atoms with Crippen LogP contribution in [0.2, 0.25) is 0 Å². The average molecular weight is 332 g/mol. The number of halogens is 3. The zero-order chi connectivity index (χ0) is 15.8. The van der Waals surface area contributed by atoms with Crippen molar-refractivity contribution in [1.82, 2.24) is 4.31 Å². The molecule has 0 heterocycles. The standard InChI is InChI=1S/C9H11F3N2O4S2/c1-14(6-9(10,11)12)20(17,18)8-5-3-2-4-7(8)19(13,15)16/h2-5H,6H2,1H3,(H2,13,15,16). The summed E-state index contributed by atoms with van der Waals surface area (Å²) in [6.07, 6.45) is -4.75. The van der Waals surface area contributed by atoms with Crippen molar-refractivity contribution in [3.8, 4) is 0 Å². The first-order valence-corrected chi connectivity index (χ1v) is 7.99. The number of primary sulfonamides is 1. The minimum Gasteiger partial charge on any atom is -0.225 e. The van der Waals surface area contributed by atoms with Crippen molar-refractivity contribution in [3.63, 3.8) is 0 Å². The van der Waals surface area contributed by atoms with Crippen molar-refractivity contribution in [2.45, 2.75) is 16.0 Å². The second-order valence-electron chi connectivity index (χ2n) is 3.87. The molecular formula is C9H11F3N2O4S2. The normalized spacial score (nSPS) is 13.7. The first-order valence-electron chi connectivity index (χ1n) is 5.00. The van der Waals surface area contributed by atoms with Crippen molar-refractivity contribution in [2.75, 3.05) is 13.6 Å². The van der Waals surface area contributed by atoms with E-state index < -0.39 is 42.6 Å². The Labute approximate surface area is 114 Å². The van der Waals surface area contributed by atoms with Crippen LogP contribution in [0, 0.1) is 0 Å². The molecule has 1 aromatic carbocycles. The lowest BCUT2D eigenvalue weighted by Gasteiger charge is -2.19. The van der Waals surface area contributed by atoms with Crippen LogP contribution in [0.25, 0.3) is 0 Å². The van der Waals surface area contributed by atoms with Gasteiger partial charge in [-0.2, -0.15) is 17.5 Å². The highest BCUT2D eigenvalue weighted by molar-refractivity contribution is 7.92. The molecule has 0 fully saturated rings. The van der Waals surface area contributed by atoms with E-state index >= 15 is 0 Å². The number of alkyl halides is 3. The third-order valence-electron chi connectivity index (χ3n) is 2.25. The van der Waals surface area contributed by atoms with Gasteiger partial charge in [0.2, 0.25) is 20.0 Å². The van der Waals surface area contributed by atoms with Gasteiger partial charge in [-0.25, -0.2) is 22.0 Å². The fourth-order valence-corrected chi connectivity index (χ4v) is 3.91. The van der Waals surface area contributed by atoms with E-state index in [1.54, 1.807) is 0 Å². The summed E-state index contributed by atoms with van der Waals surface area (Å²) in [6, 6.07) is 4.18. The fraction of sp³-hybridized carbons (Fsp3) is 0.333. The number of rotatable bonds is 4. The molecule has 0 aliphatic rings. The van der Waals surface area contributed by atoms with E-state index in [9.17, 15) is 30.0 Å². The zero-order valence-electron chi connectivity index (χ0n) is 10.1. The molecular weight excluding hydrogens is 321 g/mol. The van der Waals surface area contributed by atoms with Crippen LogP contribution in [0.1, 0.15) is 0 Å². The molecule has 0 aromatic heterocycles. The molecule has 11 heteroatoms. The number of hydrogen-bond donors (Lipinski definition) is 1. The van der Waals surface area contributed by atoms with Crippen LogP contribution >= 0.6 is 0 Å². The van der Waals surface area contributed by atoms with E-state index in [2.05, 4.69) is 0 Å². The van der Waals surface area contributed by atoms with E-state index in [0.29, 0.717) is 7.05 Å². The van der Waals surface area contributed by atoms with E-state index in [0.717, 1.165) is 12.1 Å². The summed E-state index contributed by atoms with van der Waals surface area (Å²) in [5.74, 6) is 0. The molecule has 0 aliphatic carbocycles. The molecule has 1 aromatic rings. The molecule has 20 heavy (non-hydrogen) atoms. The first kappa shape index (κ1) is 16.9. The third kappa shape index (κ3) is 3.91. The van der Waals surface area contributed by atoms with Gasteiger partial charge >= 0.3 is 6.18 Å². The Balaban J connectivity index is 3.38. The summed E-state index contributed by atoms with van der Waals surface area (Å²) in [5.41, 5.74) is 0. The van der Waals surface area contributed by atoms with Crippen molar-refractivity contribution in [3.05, 3.63) is 24.3 Å². The maximum Gasteiger partial charge on any atom is 0.402 e. The van der Waals surface area contributed by atoms with Crippen LogP contribution in [0.4, 0.5) is 13.2 Å². The van der Waals surface area contributed by atoms with Crippen LogP contribution in [0.5, 0.6) is 0 Å². The third-order valence-corrected chi connectivity index (χ3v) is 5.21. The van der Waals surface area contributed by atoms with Crippen LogP contribution in [0.3, 0.4) is 0 Å². The van der Waals surface area contributed by atoms with Gasteiger partial charge in [0.1, 0.15) is 16.3 Å². The van der Waals surface area contributed by atoms with Gasteiger partial charge in [0, 0.05) is 7.05 Å². The van der Waals surface area contributed by atoms with Crippen molar-refractivity contribution in [2.24, 2.45) is 5.14 Å². The molecule has 2 N–H and O–H groups in total. The SMILES string of the molecule is CN(CC(F)(F)F)S(=O)(=O)c1ccccc1S(N)(=O)=O. The molecule has 114 valence electrons. The lowest BCUT2D eigenvalue weighted by Crippen LogP contribution is -2.36. The molecule has 6 nitrogen and oxygen atoms in total. The summed E-state index contributed by atoms with van der Waals surface area (Å²) in [4.78, 5) is -1.55. The fourth-order valence-electron chi connectivity index (χ4n) is 1.40. The van der Waals surface area contributed by atoms with Crippen LogP contribution in [-0.4, -0.2) is 40.9 Å². The summed E-state index contributed by atoms with van der Waals surface area (Å²) in [6.45, 7) is -1.74. The topological polar surface area (TPSA) is 97.5 Å². The smallest absolute Gasteiger partial charge is 0.225 e. The Morgan fingerprint density at radius 2 is 1.55 bits per heavy atom. The van der Waals surface area contributed by atoms with Crippen molar-refractivity contribution in [1.29, 1.82) is 0 Å². The number of nitrogens with two attached hydrogens (primary N) is 1. The lowest BCUT2D eigenvalue weighted by molar-refractivity contribution is -0.134. The van der Waals surface area contributed by atoms with Crippen molar-refractivity contribution >= 4 is 20.0 Å². The summed E-state index contributed by atoms with van der Waals surface area (Å²) < 4.78 is 83.3. The number of hydrogen-bond acceptors (Lipinski definition) is 4. The molecule has 0 spiro atoms. The van der Waals surface area contributed by atoms with Gasteiger partial charge in [-0.1, -0.05) is 12.1 Å². The predicted octanol–water partition coefficient (Wildman–Crippen LogP) is 0.517. The zero-order valence-corrected chi connectivity index (χ0v) is 11.8. The first-order chi connectivity index (χ1) is 8.86. The monoisotopic (exact) mass is 332 g/mol. The molecule has 0 aliphatic heterocycles. The van der Waals surface area contributed by atoms with Gasteiger partial charge < -0.3 is 0 Å². The second-order valence-corrected chi connectivity index (χ2v) is 7.41. The maximum atomic E-state index is 12.2. The lowest BCUT2D eigenvalue weighted by atomic mass is 10.4. The highest BCUT2D eigenvalue weighted by atomic mass is 32.2. The maximum absolute atomic E-state index is 12.2. The highest BCUT2D eigenvalue weighted by Crippen LogP contribution is 2.25. The van der Waals surface area contributed by atoms with E-state index in [1.807, 2.05) is 0 Å². The van der Waals surface area contributed by atoms with Gasteiger partial charge in [0.25, 0.3) is 0 Å². The van der Waals surface area contributed by atoms with Crippen LogP contribution in [0.15, 0.2) is 34.1 Å². The van der Waals surface area contributed by atoms with E-state index in [4.69, 9.17) is 5.14 Å². The van der Waals surface area contributed by atoms with Gasteiger partial charge in [0.05, 0.1) is 0 Å². The van der Waals surface area contributed by atoms with Gasteiger partial charge in [-0.15, -0.1) is 0 Å². The van der Waals surface area contributed by atoms with Crippen LogP contribution in [-0.2, 0) is 20.0 Å². The van der Waals surface area contributed by atoms with Gasteiger partial charge in [0.15, 0.2) is 0 Å². The minimum atomic E-state index is -4.75. The van der Waals surface area contributed by atoms with E-state index in [-0.39, 0.29) is 4.31 Å². The molecule has 0 amide bonds. The number of benzene rings is 1. The Morgan fingerprint density at radius 3 is 1.95 bits per heavy atom. The summed E-state index contributed by atoms with van der Waals surface area (Å²) in [5, 5.41) is 4.85. The average Bonchev–Trinajstić information content (AvgIpc) is 2.25. The summed E-state index contributed by atoms with van der Waals surface area (Å²) in [7, 11) is -8.32. The number of nitrogens with zero attached hydrogens (tertiary/aromatic N) is 1. The predicted molar refractivity (Wildman–Crippen MR) is 63.7 cm³/mol. The Hall–Kier alpha value is -1.17. The Kier molecular flexibility index (Phi) is 4.49. The molecule has 0 unspecified atom stereocenters. The highest BCUT2D eigenvalue weighted by Gasteiger charge is 2.36. The minimum absolute atomic E-state index is 0.0109. The molecule has 0 radical (unpaired) electrons. The molecule has 0 saturated heterocycles. The number of sulfonamides is 2. The summed E-state index contributed by atoms with van der Waals surface area (Å²) >= 11 is 0. The van der Waals surface area contributed by atoms with Gasteiger partial charge in [-0.3, -0.25) is 0 Å². The van der Waals surface area contributed by atoms with E-state index in [1.165, 1.54) is 12.1 Å². The molecule has 1 rings (SSSR count). The largest absolute Gasteiger partial charge is 0.402 e.